The molecule has 1 unspecified atom stereocenters. The predicted molar refractivity (Wildman–Crippen MR) is 104 cm³/mol. The Morgan fingerprint density at radius 1 is 1.13 bits per heavy atom. The van der Waals surface area contributed by atoms with Crippen LogP contribution in [0.25, 0.3) is 21.7 Å². The zero-order valence-electron chi connectivity index (χ0n) is 15.1. The first-order chi connectivity index (χ1) is 14.3. The van der Waals surface area contributed by atoms with Crippen LogP contribution in [0.5, 0.6) is 5.75 Å². The molecule has 0 fully saturated rings. The van der Waals surface area contributed by atoms with E-state index < -0.39 is 29.0 Å². The van der Waals surface area contributed by atoms with Crippen LogP contribution in [0.1, 0.15) is 17.4 Å². The van der Waals surface area contributed by atoms with Gasteiger partial charge >= 0.3 is 6.18 Å². The van der Waals surface area contributed by atoms with E-state index in [-0.39, 0.29) is 28.5 Å². The van der Waals surface area contributed by atoms with Gasteiger partial charge in [-0.15, -0.1) is 11.3 Å². The van der Waals surface area contributed by atoms with Crippen molar-refractivity contribution in [1.29, 1.82) is 0 Å². The number of halogens is 4. The fraction of sp³-hybridized carbons (Fsp3) is 0.150. The largest absolute Gasteiger partial charge is 0.506 e. The van der Waals surface area contributed by atoms with Crippen LogP contribution in [-0.2, 0) is 12.6 Å². The Hall–Kier alpha value is -3.27. The van der Waals surface area contributed by atoms with E-state index in [0.717, 1.165) is 5.38 Å². The van der Waals surface area contributed by atoms with Crippen molar-refractivity contribution in [2.24, 2.45) is 0 Å². The molecule has 4 aromatic rings. The maximum atomic E-state index is 15.4. The third kappa shape index (κ3) is 3.54. The van der Waals surface area contributed by atoms with Gasteiger partial charge < -0.3 is 5.11 Å². The SMILES string of the molecule is O=c1c2c(C(F)(F)F)csc2nc(-c2ncccc2O)n1C(F)Cc1ccccc1. The first-order valence-electron chi connectivity index (χ1n) is 8.70. The van der Waals surface area contributed by atoms with E-state index in [1.165, 1.54) is 18.3 Å². The first-order valence-corrected chi connectivity index (χ1v) is 9.58. The Morgan fingerprint density at radius 3 is 2.53 bits per heavy atom. The number of hydrogen-bond acceptors (Lipinski definition) is 5. The number of aromatic nitrogens is 3. The molecule has 0 saturated carbocycles. The molecule has 1 N–H and O–H groups in total. The van der Waals surface area contributed by atoms with Crippen LogP contribution in [-0.4, -0.2) is 19.6 Å². The average molecular weight is 435 g/mol. The minimum absolute atomic E-state index is 0.200. The maximum Gasteiger partial charge on any atom is 0.418 e. The van der Waals surface area contributed by atoms with Crippen molar-refractivity contribution in [2.45, 2.75) is 18.9 Å². The molecule has 154 valence electrons. The Bertz CT molecular complexity index is 1270. The average Bonchev–Trinajstić information content (AvgIpc) is 3.14. The molecule has 0 aliphatic heterocycles. The standard InChI is InChI=1S/C20H13F4N3O2S/c21-14(9-11-5-2-1-3-6-11)27-17(16-13(28)7-4-8-25-16)26-18-15(19(27)29)12(10-30-18)20(22,23)24/h1-8,10,14,28H,9H2. The molecule has 5 nitrogen and oxygen atoms in total. The van der Waals surface area contributed by atoms with E-state index in [0.29, 0.717) is 21.5 Å². The lowest BCUT2D eigenvalue weighted by Gasteiger charge is -2.17. The lowest BCUT2D eigenvalue weighted by Crippen LogP contribution is -2.28. The number of alkyl halides is 4. The van der Waals surface area contributed by atoms with Gasteiger partial charge in [-0.3, -0.25) is 9.36 Å². The first kappa shape index (κ1) is 20.0. The third-order valence-electron chi connectivity index (χ3n) is 4.47. The number of benzene rings is 1. The summed E-state index contributed by atoms with van der Waals surface area (Å²) in [6, 6.07) is 11.0. The van der Waals surface area contributed by atoms with Gasteiger partial charge in [-0.2, -0.15) is 13.2 Å². The summed E-state index contributed by atoms with van der Waals surface area (Å²) in [5, 5.41) is 10.2. The molecule has 10 heteroatoms. The molecule has 0 saturated heterocycles. The van der Waals surface area contributed by atoms with E-state index >= 15 is 4.39 Å². The topological polar surface area (TPSA) is 68.0 Å². The van der Waals surface area contributed by atoms with Crippen LogP contribution in [0.15, 0.2) is 58.8 Å². The fourth-order valence-electron chi connectivity index (χ4n) is 3.11. The molecule has 1 aromatic carbocycles. The monoisotopic (exact) mass is 435 g/mol. The number of aromatic hydroxyl groups is 1. The van der Waals surface area contributed by atoms with Gasteiger partial charge in [0.25, 0.3) is 5.56 Å². The highest BCUT2D eigenvalue weighted by atomic mass is 32.1. The lowest BCUT2D eigenvalue weighted by molar-refractivity contribution is -0.136. The van der Waals surface area contributed by atoms with Crippen molar-refractivity contribution in [2.75, 3.05) is 0 Å². The Morgan fingerprint density at radius 2 is 1.87 bits per heavy atom. The molecule has 0 aliphatic rings. The number of pyridine rings is 1. The second-order valence-corrected chi connectivity index (χ2v) is 7.29. The number of hydrogen-bond donors (Lipinski definition) is 1. The van der Waals surface area contributed by atoms with E-state index in [1.54, 1.807) is 30.3 Å². The third-order valence-corrected chi connectivity index (χ3v) is 5.34. The van der Waals surface area contributed by atoms with E-state index in [9.17, 15) is 23.1 Å². The molecular weight excluding hydrogens is 422 g/mol. The van der Waals surface area contributed by atoms with Crippen molar-refractivity contribution < 1.29 is 22.7 Å². The summed E-state index contributed by atoms with van der Waals surface area (Å²) >= 11 is 0.618. The summed E-state index contributed by atoms with van der Waals surface area (Å²) in [5.74, 6) is -0.721. The van der Waals surface area contributed by atoms with Gasteiger partial charge in [0.2, 0.25) is 0 Å². The number of thiophene rings is 1. The van der Waals surface area contributed by atoms with Gasteiger partial charge in [0.15, 0.2) is 12.1 Å². The van der Waals surface area contributed by atoms with Crippen LogP contribution in [0, 0.1) is 0 Å². The van der Waals surface area contributed by atoms with Gasteiger partial charge in [0, 0.05) is 18.0 Å². The van der Waals surface area contributed by atoms with Crippen molar-refractivity contribution in [3.63, 3.8) is 0 Å². The summed E-state index contributed by atoms with van der Waals surface area (Å²) < 4.78 is 56.0. The van der Waals surface area contributed by atoms with Crippen molar-refractivity contribution in [3.05, 3.63) is 75.5 Å². The van der Waals surface area contributed by atoms with E-state index in [2.05, 4.69) is 9.97 Å². The summed E-state index contributed by atoms with van der Waals surface area (Å²) in [5.41, 5.74) is -2.02. The normalized spacial score (nSPS) is 12.9. The smallest absolute Gasteiger partial charge is 0.418 e. The van der Waals surface area contributed by atoms with Crippen LogP contribution in [0.3, 0.4) is 0 Å². The minimum atomic E-state index is -4.79. The van der Waals surface area contributed by atoms with Gasteiger partial charge in [-0.05, 0) is 17.7 Å². The molecule has 4 rings (SSSR count). The molecule has 0 spiro atoms. The van der Waals surface area contributed by atoms with Crippen LogP contribution in [0.2, 0.25) is 0 Å². The van der Waals surface area contributed by atoms with Gasteiger partial charge in [0.05, 0.1) is 10.9 Å². The lowest BCUT2D eigenvalue weighted by atomic mass is 10.1. The molecule has 0 bridgehead atoms. The zero-order valence-corrected chi connectivity index (χ0v) is 15.9. The minimum Gasteiger partial charge on any atom is -0.506 e. The predicted octanol–water partition coefficient (Wildman–Crippen LogP) is 4.96. The van der Waals surface area contributed by atoms with Crippen molar-refractivity contribution >= 4 is 21.6 Å². The van der Waals surface area contributed by atoms with Gasteiger partial charge in [-0.25, -0.2) is 14.4 Å². The zero-order chi connectivity index (χ0) is 21.5. The van der Waals surface area contributed by atoms with Crippen LogP contribution < -0.4 is 5.56 Å². The molecule has 3 heterocycles. The van der Waals surface area contributed by atoms with Crippen molar-refractivity contribution in [1.82, 2.24) is 14.5 Å². The highest BCUT2D eigenvalue weighted by molar-refractivity contribution is 7.16. The summed E-state index contributed by atoms with van der Waals surface area (Å²) in [7, 11) is 0. The number of rotatable bonds is 4. The van der Waals surface area contributed by atoms with E-state index in [4.69, 9.17) is 0 Å². The Kier molecular flexibility index (Phi) is 5.02. The van der Waals surface area contributed by atoms with Gasteiger partial charge in [-0.1, -0.05) is 30.3 Å². The quantitative estimate of drug-likeness (QED) is 0.461. The molecular formula is C20H13F4N3O2S. The fourth-order valence-corrected chi connectivity index (χ4v) is 4.04. The van der Waals surface area contributed by atoms with E-state index in [1.807, 2.05) is 0 Å². The van der Waals surface area contributed by atoms with Gasteiger partial charge in [0.1, 0.15) is 16.3 Å². The summed E-state index contributed by atoms with van der Waals surface area (Å²) in [4.78, 5) is 20.9. The summed E-state index contributed by atoms with van der Waals surface area (Å²) in [6.07, 6.45) is -5.80. The molecule has 1 atom stereocenters. The molecule has 3 aromatic heterocycles. The second-order valence-electron chi connectivity index (χ2n) is 6.43. The second kappa shape index (κ2) is 7.52. The number of nitrogens with zero attached hydrogens (tertiary/aromatic N) is 3. The summed E-state index contributed by atoms with van der Waals surface area (Å²) in [6.45, 7) is 0. The maximum absolute atomic E-state index is 15.4. The van der Waals surface area contributed by atoms with Crippen LogP contribution in [0.4, 0.5) is 17.6 Å². The molecule has 0 aliphatic carbocycles. The van der Waals surface area contributed by atoms with Crippen molar-refractivity contribution in [3.8, 4) is 17.3 Å². The highest BCUT2D eigenvalue weighted by Crippen LogP contribution is 2.38. The Balaban J connectivity index is 1.99. The van der Waals surface area contributed by atoms with Crippen LogP contribution >= 0.6 is 11.3 Å². The molecule has 0 amide bonds. The highest BCUT2D eigenvalue weighted by Gasteiger charge is 2.36. The number of fused-ring (bicyclic) bond motifs is 1. The Labute approximate surface area is 170 Å². The molecule has 30 heavy (non-hydrogen) atoms. The molecule has 0 radical (unpaired) electrons.